The molecule has 2 atom stereocenters. The molecule has 0 saturated carbocycles. The van der Waals surface area contributed by atoms with Crippen molar-refractivity contribution in [2.24, 2.45) is 0 Å². The molecular weight excluding hydrogens is 654 g/mol. The number of esters is 2. The Hall–Kier alpha value is -2.19. The molecule has 0 aliphatic heterocycles. The number of likely N-dealkylation sites (N-methyl/N-ethyl adjacent to an activating group) is 1. The third kappa shape index (κ3) is 33.6. The number of carboxylic acids is 1. The molecule has 0 saturated heterocycles. The third-order valence-electron chi connectivity index (χ3n) is 9.54. The number of allylic oxidation sites excluding steroid dienone is 4. The van der Waals surface area contributed by atoms with Gasteiger partial charge in [0.05, 0.1) is 40.3 Å². The monoisotopic (exact) mass is 736 g/mol. The fourth-order valence-electron chi connectivity index (χ4n) is 6.18. The Bertz CT molecular complexity index is 911. The van der Waals surface area contributed by atoms with Crippen LogP contribution in [0.2, 0.25) is 0 Å². The minimum atomic E-state index is -1.13. The molecule has 0 radical (unpaired) electrons. The number of hydrogen-bond acceptors (Lipinski definition) is 7. The average Bonchev–Trinajstić information content (AvgIpc) is 3.09. The first-order valence-electron chi connectivity index (χ1n) is 21.4. The number of unbranched alkanes of at least 4 members (excludes halogenated alkanes) is 20. The summed E-state index contributed by atoms with van der Waals surface area (Å²) in [7, 11) is 5.40. The largest absolute Gasteiger partial charge is 0.544 e. The van der Waals surface area contributed by atoms with Gasteiger partial charge >= 0.3 is 11.9 Å². The van der Waals surface area contributed by atoms with Gasteiger partial charge in [-0.2, -0.15) is 0 Å². The van der Waals surface area contributed by atoms with E-state index >= 15 is 0 Å². The molecule has 0 bridgehead atoms. The molecule has 0 aromatic rings. The lowest BCUT2D eigenvalue weighted by Crippen LogP contribution is -2.55. The molecule has 0 amide bonds. The summed E-state index contributed by atoms with van der Waals surface area (Å²) in [4.78, 5) is 36.7. The molecule has 0 spiro atoms. The zero-order valence-corrected chi connectivity index (χ0v) is 34.5. The summed E-state index contributed by atoms with van der Waals surface area (Å²) in [6.07, 6.45) is 37.7. The summed E-state index contributed by atoms with van der Waals surface area (Å²) in [5.41, 5.74) is 0. The van der Waals surface area contributed by atoms with E-state index in [1.54, 1.807) is 21.1 Å². The van der Waals surface area contributed by atoms with Crippen LogP contribution in [0.25, 0.3) is 0 Å². The van der Waals surface area contributed by atoms with Gasteiger partial charge in [0.15, 0.2) is 6.10 Å². The Morgan fingerprint density at radius 1 is 0.558 bits per heavy atom. The highest BCUT2D eigenvalue weighted by Crippen LogP contribution is 2.14. The first-order valence-corrected chi connectivity index (χ1v) is 21.4. The van der Waals surface area contributed by atoms with E-state index in [1.807, 2.05) is 0 Å². The standard InChI is InChI=1S/C44H81NO7/c1-6-8-10-12-14-16-18-19-20-21-22-23-24-25-27-29-31-33-35-43(47)52-40(38-50-37-36-41(44(48)49)45(3,4)5)39-51-42(46)34-32-30-28-26-17-15-13-11-9-7-2/h11,13,20-21,40-41H,6-10,12,14-19,22-39H2,1-5H3/b13-11-,21-20-. The van der Waals surface area contributed by atoms with Gasteiger partial charge in [-0.1, -0.05) is 134 Å². The van der Waals surface area contributed by atoms with Crippen molar-refractivity contribution in [3.8, 4) is 0 Å². The molecule has 304 valence electrons. The quantitative estimate of drug-likeness (QED) is 0.0269. The molecule has 0 aliphatic rings. The van der Waals surface area contributed by atoms with Crippen molar-refractivity contribution in [3.05, 3.63) is 24.3 Å². The van der Waals surface area contributed by atoms with Crippen molar-refractivity contribution in [2.75, 3.05) is 41.0 Å². The number of aliphatic carboxylic acids is 1. The Kier molecular flexibility index (Phi) is 34.3. The van der Waals surface area contributed by atoms with Gasteiger partial charge in [-0.3, -0.25) is 9.59 Å². The summed E-state index contributed by atoms with van der Waals surface area (Å²) in [6, 6.07) is -0.724. The predicted octanol–water partition coefficient (Wildman–Crippen LogP) is 9.97. The summed E-state index contributed by atoms with van der Waals surface area (Å²) in [5, 5.41) is 11.6. The van der Waals surface area contributed by atoms with Crippen molar-refractivity contribution >= 4 is 17.9 Å². The number of nitrogens with zero attached hydrogens (tertiary/aromatic N) is 1. The fraction of sp³-hybridized carbons (Fsp3) is 0.841. The molecule has 8 nitrogen and oxygen atoms in total. The van der Waals surface area contributed by atoms with Crippen molar-refractivity contribution in [1.82, 2.24) is 0 Å². The van der Waals surface area contributed by atoms with Crippen molar-refractivity contribution in [2.45, 2.75) is 199 Å². The topological polar surface area (TPSA) is 102 Å². The molecule has 0 aromatic carbocycles. The van der Waals surface area contributed by atoms with E-state index < -0.39 is 18.1 Å². The lowest BCUT2D eigenvalue weighted by molar-refractivity contribution is -0.889. The fourth-order valence-corrected chi connectivity index (χ4v) is 6.18. The molecule has 0 heterocycles. The van der Waals surface area contributed by atoms with E-state index in [-0.39, 0.29) is 42.7 Å². The first-order chi connectivity index (χ1) is 25.1. The van der Waals surface area contributed by atoms with Gasteiger partial charge in [-0.05, 0) is 57.8 Å². The average molecular weight is 736 g/mol. The van der Waals surface area contributed by atoms with E-state index in [1.165, 1.54) is 96.3 Å². The summed E-state index contributed by atoms with van der Waals surface area (Å²) in [5.74, 6) is -1.75. The SMILES string of the molecule is CCC/C=C\CCCCCCCC(=O)OCC(COCCC(C(=O)[O-])[N+](C)(C)C)OC(=O)CCCCCCCCC/C=C\CCCCCCCCC. The second-order valence-corrected chi connectivity index (χ2v) is 15.6. The molecule has 0 aromatic heterocycles. The highest BCUT2D eigenvalue weighted by molar-refractivity contribution is 5.70. The number of carboxylic acid groups (broad SMARTS) is 1. The van der Waals surface area contributed by atoms with Gasteiger partial charge in [0, 0.05) is 19.3 Å². The van der Waals surface area contributed by atoms with Crippen LogP contribution in [0.3, 0.4) is 0 Å². The van der Waals surface area contributed by atoms with E-state index in [0.717, 1.165) is 57.8 Å². The maximum Gasteiger partial charge on any atom is 0.306 e. The molecule has 0 N–H and O–H groups in total. The maximum absolute atomic E-state index is 12.7. The molecule has 52 heavy (non-hydrogen) atoms. The van der Waals surface area contributed by atoms with Crippen LogP contribution in [-0.4, -0.2) is 75.5 Å². The van der Waals surface area contributed by atoms with E-state index in [2.05, 4.69) is 38.2 Å². The van der Waals surface area contributed by atoms with Crippen LogP contribution < -0.4 is 5.11 Å². The van der Waals surface area contributed by atoms with E-state index in [9.17, 15) is 19.5 Å². The Morgan fingerprint density at radius 3 is 1.46 bits per heavy atom. The van der Waals surface area contributed by atoms with Crippen LogP contribution in [0.1, 0.15) is 187 Å². The summed E-state index contributed by atoms with van der Waals surface area (Å²) < 4.78 is 17.1. The molecule has 8 heteroatoms. The van der Waals surface area contributed by atoms with E-state index in [0.29, 0.717) is 12.8 Å². The van der Waals surface area contributed by atoms with E-state index in [4.69, 9.17) is 14.2 Å². The van der Waals surface area contributed by atoms with Crippen LogP contribution in [0.4, 0.5) is 0 Å². The van der Waals surface area contributed by atoms with Crippen LogP contribution in [0, 0.1) is 0 Å². The smallest absolute Gasteiger partial charge is 0.306 e. The van der Waals surface area contributed by atoms with Crippen LogP contribution in [0.5, 0.6) is 0 Å². The van der Waals surface area contributed by atoms with Crippen LogP contribution >= 0.6 is 0 Å². The summed E-state index contributed by atoms with van der Waals surface area (Å²) >= 11 is 0. The maximum atomic E-state index is 12.7. The zero-order chi connectivity index (χ0) is 38.5. The molecule has 0 fully saturated rings. The van der Waals surface area contributed by atoms with Gasteiger partial charge in [-0.25, -0.2) is 0 Å². The molecule has 0 aliphatic carbocycles. The second kappa shape index (κ2) is 35.8. The van der Waals surface area contributed by atoms with Gasteiger partial charge in [0.1, 0.15) is 12.6 Å². The van der Waals surface area contributed by atoms with Gasteiger partial charge in [0.2, 0.25) is 0 Å². The highest BCUT2D eigenvalue weighted by Gasteiger charge is 2.25. The third-order valence-corrected chi connectivity index (χ3v) is 9.54. The molecule has 2 unspecified atom stereocenters. The van der Waals surface area contributed by atoms with Crippen LogP contribution in [-0.2, 0) is 28.6 Å². The predicted molar refractivity (Wildman–Crippen MR) is 213 cm³/mol. The van der Waals surface area contributed by atoms with Crippen molar-refractivity contribution in [1.29, 1.82) is 0 Å². The minimum Gasteiger partial charge on any atom is -0.544 e. The normalized spacial score (nSPS) is 13.2. The highest BCUT2D eigenvalue weighted by atomic mass is 16.6. The van der Waals surface area contributed by atoms with Gasteiger partial charge < -0.3 is 28.6 Å². The Labute approximate surface area is 320 Å². The van der Waals surface area contributed by atoms with Gasteiger partial charge in [0.25, 0.3) is 0 Å². The molecular formula is C44H81NO7. The first kappa shape index (κ1) is 49.8. The number of carbonyl (C=O) groups is 3. The summed E-state index contributed by atoms with van der Waals surface area (Å²) in [6.45, 7) is 4.59. The van der Waals surface area contributed by atoms with Crippen LogP contribution in [0.15, 0.2) is 24.3 Å². The number of carbonyl (C=O) groups excluding carboxylic acids is 3. The minimum absolute atomic E-state index is 0.0386. The Morgan fingerprint density at radius 2 is 1.00 bits per heavy atom. The number of hydrogen-bond donors (Lipinski definition) is 0. The Balaban J connectivity index is 4.32. The lowest BCUT2D eigenvalue weighted by atomic mass is 10.1. The number of quaternary nitrogens is 1. The number of ether oxygens (including phenoxy) is 3. The zero-order valence-electron chi connectivity index (χ0n) is 34.5. The number of rotatable bonds is 38. The van der Waals surface area contributed by atoms with Crippen molar-refractivity contribution < 1.29 is 38.2 Å². The second-order valence-electron chi connectivity index (χ2n) is 15.6. The van der Waals surface area contributed by atoms with Crippen molar-refractivity contribution in [3.63, 3.8) is 0 Å². The lowest BCUT2D eigenvalue weighted by Gasteiger charge is -2.34. The molecule has 0 rings (SSSR count). The van der Waals surface area contributed by atoms with Gasteiger partial charge in [-0.15, -0.1) is 0 Å².